The van der Waals surface area contributed by atoms with E-state index in [-0.39, 0.29) is 0 Å². The lowest BCUT2D eigenvalue weighted by atomic mass is 10.2. The lowest BCUT2D eigenvalue weighted by Crippen LogP contribution is -2.37. The Bertz CT molecular complexity index is 560. The summed E-state index contributed by atoms with van der Waals surface area (Å²) in [6.07, 6.45) is -2.33. The molecule has 0 N–H and O–H groups in total. The molecule has 2 rings (SSSR count). The predicted octanol–water partition coefficient (Wildman–Crippen LogP) is 1.34. The molecular formula is C21H32N2O3. The first-order valence-electron chi connectivity index (χ1n) is 8.46. The molecule has 2 aromatic carbocycles. The molecule has 26 heavy (non-hydrogen) atoms. The van der Waals surface area contributed by atoms with Gasteiger partial charge in [0.2, 0.25) is 0 Å². The summed E-state index contributed by atoms with van der Waals surface area (Å²) in [5, 5.41) is 16.7. The first kappa shape index (κ1) is 23.6. The Morgan fingerprint density at radius 1 is 0.654 bits per heavy atom. The molecule has 0 aliphatic rings. The molecule has 0 heterocycles. The quantitative estimate of drug-likeness (QED) is 0.773. The van der Waals surface area contributed by atoms with Crippen molar-refractivity contribution in [3.8, 4) is 0 Å². The Labute approximate surface area is 157 Å². The smallest absolute Gasteiger partial charge is 0.104 e. The fourth-order valence-electron chi connectivity index (χ4n) is 2.26. The van der Waals surface area contributed by atoms with Crippen molar-refractivity contribution in [3.05, 3.63) is 71.8 Å². The Morgan fingerprint density at radius 2 is 0.885 bits per heavy atom. The van der Waals surface area contributed by atoms with E-state index in [2.05, 4.69) is 103 Å². The fraction of sp³-hybridized carbons (Fsp3) is 0.381. The van der Waals surface area contributed by atoms with E-state index in [0.717, 1.165) is 22.1 Å². The first-order chi connectivity index (χ1) is 11.9. The van der Waals surface area contributed by atoms with E-state index in [9.17, 15) is 0 Å². The molecule has 5 heteroatoms. The molecule has 0 atom stereocenters. The maximum absolute atomic E-state index is 8.33. The molecule has 5 nitrogen and oxygen atoms in total. The molecule has 0 radical (unpaired) electrons. The minimum atomic E-state index is -2.33. The van der Waals surface area contributed by atoms with Gasteiger partial charge in [-0.2, -0.15) is 0 Å². The van der Waals surface area contributed by atoms with E-state index >= 15 is 0 Å². The monoisotopic (exact) mass is 360 g/mol. The highest BCUT2D eigenvalue weighted by Crippen LogP contribution is 2.05. The number of carbonyl (C=O) groups is 1. The number of nitrogens with zero attached hydrogens (tertiary/aromatic N) is 2. The lowest BCUT2D eigenvalue weighted by molar-refractivity contribution is -0.884. The zero-order chi connectivity index (χ0) is 20.2. The highest BCUT2D eigenvalue weighted by Gasteiger charge is 2.07. The zero-order valence-corrected chi connectivity index (χ0v) is 16.8. The fourth-order valence-corrected chi connectivity index (χ4v) is 2.26. The maximum Gasteiger partial charge on any atom is 0.104 e. The second-order valence-electron chi connectivity index (χ2n) is 8.12. The van der Waals surface area contributed by atoms with Crippen LogP contribution in [-0.2, 0) is 13.1 Å². The van der Waals surface area contributed by atoms with Crippen molar-refractivity contribution >= 4 is 6.16 Å². The van der Waals surface area contributed by atoms with Crippen LogP contribution in [0.4, 0.5) is 4.79 Å². The van der Waals surface area contributed by atoms with Crippen LogP contribution in [0.1, 0.15) is 11.1 Å². The average molecular weight is 360 g/mol. The molecule has 144 valence electrons. The molecule has 0 unspecified atom stereocenters. The summed E-state index contributed by atoms with van der Waals surface area (Å²) in [6.45, 7) is 2.20. The van der Waals surface area contributed by atoms with E-state index in [1.807, 2.05) is 0 Å². The van der Waals surface area contributed by atoms with Crippen molar-refractivity contribution in [1.82, 2.24) is 0 Å². The third-order valence-electron chi connectivity index (χ3n) is 3.00. The standard InChI is InChI=1S/2C10H16N.CH2O3/c2*1-11(2,3)9-10-7-5-4-6-8-10;2-1(3)4/h2*4-8H,9H2,1-3H3;(H2,2,3,4)/q2*+1;/p-2. The zero-order valence-electron chi connectivity index (χ0n) is 16.8. The third-order valence-corrected chi connectivity index (χ3v) is 3.00. The summed E-state index contributed by atoms with van der Waals surface area (Å²) < 4.78 is 1.98. The van der Waals surface area contributed by atoms with Crippen LogP contribution in [0.15, 0.2) is 60.7 Å². The van der Waals surface area contributed by atoms with E-state index in [1.165, 1.54) is 11.1 Å². The van der Waals surface area contributed by atoms with Gasteiger partial charge in [0.15, 0.2) is 0 Å². The molecule has 0 aliphatic carbocycles. The van der Waals surface area contributed by atoms with Crippen molar-refractivity contribution in [2.75, 3.05) is 42.3 Å². The van der Waals surface area contributed by atoms with Crippen LogP contribution >= 0.6 is 0 Å². The summed E-state index contributed by atoms with van der Waals surface area (Å²) in [5.41, 5.74) is 2.81. The van der Waals surface area contributed by atoms with Gasteiger partial charge in [-0.1, -0.05) is 60.7 Å². The third kappa shape index (κ3) is 16.5. The Balaban J connectivity index is 0.000000401. The van der Waals surface area contributed by atoms with Gasteiger partial charge in [-0.05, 0) is 6.16 Å². The summed E-state index contributed by atoms with van der Waals surface area (Å²) >= 11 is 0. The van der Waals surface area contributed by atoms with E-state index < -0.39 is 6.16 Å². The van der Waals surface area contributed by atoms with Gasteiger partial charge >= 0.3 is 0 Å². The van der Waals surface area contributed by atoms with E-state index in [4.69, 9.17) is 15.0 Å². The highest BCUT2D eigenvalue weighted by atomic mass is 16.6. The molecule has 0 aromatic heterocycles. The molecule has 0 aliphatic heterocycles. The van der Waals surface area contributed by atoms with Crippen LogP contribution in [0.25, 0.3) is 0 Å². The summed E-state index contributed by atoms with van der Waals surface area (Å²) in [4.78, 5) is 8.33. The molecule has 0 spiro atoms. The molecular weight excluding hydrogens is 328 g/mol. The van der Waals surface area contributed by atoms with Crippen LogP contribution in [0.3, 0.4) is 0 Å². The van der Waals surface area contributed by atoms with E-state index in [1.54, 1.807) is 0 Å². The average Bonchev–Trinajstić information content (AvgIpc) is 2.46. The number of quaternary nitrogens is 2. The van der Waals surface area contributed by atoms with Gasteiger partial charge in [0.25, 0.3) is 0 Å². The number of carboxylic acid groups (broad SMARTS) is 2. The van der Waals surface area contributed by atoms with Gasteiger partial charge < -0.3 is 24.0 Å². The second kappa shape index (κ2) is 11.3. The molecule has 0 bridgehead atoms. The van der Waals surface area contributed by atoms with Crippen molar-refractivity contribution in [2.45, 2.75) is 13.1 Å². The van der Waals surface area contributed by atoms with Gasteiger partial charge in [0.05, 0.1) is 42.3 Å². The topological polar surface area (TPSA) is 63.2 Å². The van der Waals surface area contributed by atoms with Gasteiger partial charge in [-0.15, -0.1) is 0 Å². The largest absolute Gasteiger partial charge is 0.652 e. The van der Waals surface area contributed by atoms with E-state index in [0.29, 0.717) is 0 Å². The lowest BCUT2D eigenvalue weighted by Gasteiger charge is -2.23. The van der Waals surface area contributed by atoms with Gasteiger partial charge in [-0.3, -0.25) is 0 Å². The Kier molecular flexibility index (Phi) is 10.3. The van der Waals surface area contributed by atoms with Crippen LogP contribution in [0.2, 0.25) is 0 Å². The van der Waals surface area contributed by atoms with Crippen LogP contribution in [0.5, 0.6) is 0 Å². The van der Waals surface area contributed by atoms with Crippen molar-refractivity contribution in [2.24, 2.45) is 0 Å². The number of hydrogen-bond acceptors (Lipinski definition) is 3. The Hall–Kier alpha value is -2.37. The minimum absolute atomic E-state index is 0.990. The number of rotatable bonds is 4. The maximum atomic E-state index is 8.33. The highest BCUT2D eigenvalue weighted by molar-refractivity contribution is 5.47. The van der Waals surface area contributed by atoms with Crippen molar-refractivity contribution < 1.29 is 24.0 Å². The van der Waals surface area contributed by atoms with Gasteiger partial charge in [-0.25, -0.2) is 0 Å². The van der Waals surface area contributed by atoms with Crippen LogP contribution in [0, 0.1) is 0 Å². The Morgan fingerprint density at radius 3 is 1.08 bits per heavy atom. The first-order valence-corrected chi connectivity index (χ1v) is 8.46. The summed E-state index contributed by atoms with van der Waals surface area (Å²) in [7, 11) is 13.2. The van der Waals surface area contributed by atoms with Gasteiger partial charge in [0.1, 0.15) is 13.1 Å². The molecule has 0 saturated heterocycles. The number of benzene rings is 2. The SMILES string of the molecule is C[N+](C)(C)Cc1ccccc1.C[N+](C)(C)Cc1ccccc1.O=C([O-])[O-]. The molecule has 0 saturated carbocycles. The van der Waals surface area contributed by atoms with Crippen molar-refractivity contribution in [1.29, 1.82) is 0 Å². The van der Waals surface area contributed by atoms with Crippen LogP contribution in [-0.4, -0.2) is 57.4 Å². The number of hydrogen-bond donors (Lipinski definition) is 0. The number of carbonyl (C=O) groups excluding carboxylic acids is 1. The molecule has 0 fully saturated rings. The van der Waals surface area contributed by atoms with Crippen molar-refractivity contribution in [3.63, 3.8) is 0 Å². The minimum Gasteiger partial charge on any atom is -0.652 e. The van der Waals surface area contributed by atoms with Crippen LogP contribution < -0.4 is 10.2 Å². The summed E-state index contributed by atoms with van der Waals surface area (Å²) in [6, 6.07) is 21.1. The normalized spacial score (nSPS) is 10.7. The molecule has 2 aromatic rings. The predicted molar refractivity (Wildman–Crippen MR) is 102 cm³/mol. The molecule has 0 amide bonds. The summed E-state index contributed by atoms with van der Waals surface area (Å²) in [5.74, 6) is 0. The van der Waals surface area contributed by atoms with Gasteiger partial charge in [0, 0.05) is 11.1 Å². The second-order valence-corrected chi connectivity index (χ2v) is 8.12.